The standard InChI is InChI=1S/C14H16BrNO5/c1-19-11-4-3-9(7-10(11)15)13(17)16-5-6-21-12(8-16)14(18)20-2/h3-4,7,12H,5-6,8H2,1-2H3. The molecule has 1 aromatic carbocycles. The van der Waals surface area contributed by atoms with Crippen LogP contribution < -0.4 is 4.74 Å². The maximum atomic E-state index is 12.5. The molecule has 0 spiro atoms. The van der Waals surface area contributed by atoms with Gasteiger partial charge in [-0.2, -0.15) is 0 Å². The van der Waals surface area contributed by atoms with Gasteiger partial charge < -0.3 is 19.1 Å². The van der Waals surface area contributed by atoms with Crippen molar-refractivity contribution in [2.24, 2.45) is 0 Å². The summed E-state index contributed by atoms with van der Waals surface area (Å²) in [6.07, 6.45) is -0.727. The highest BCUT2D eigenvalue weighted by Crippen LogP contribution is 2.26. The second-order valence-corrected chi connectivity index (χ2v) is 5.34. The Balaban J connectivity index is 2.12. The minimum Gasteiger partial charge on any atom is -0.496 e. The Morgan fingerprint density at radius 1 is 1.38 bits per heavy atom. The number of carbonyl (C=O) groups is 2. The van der Waals surface area contributed by atoms with Crippen molar-refractivity contribution in [3.8, 4) is 5.75 Å². The van der Waals surface area contributed by atoms with E-state index >= 15 is 0 Å². The molecule has 114 valence electrons. The van der Waals surface area contributed by atoms with Gasteiger partial charge >= 0.3 is 5.97 Å². The van der Waals surface area contributed by atoms with Crippen molar-refractivity contribution < 1.29 is 23.8 Å². The molecule has 1 heterocycles. The first-order chi connectivity index (χ1) is 10.1. The molecule has 0 aliphatic carbocycles. The highest BCUT2D eigenvalue weighted by atomic mass is 79.9. The minimum atomic E-state index is -0.727. The zero-order valence-electron chi connectivity index (χ0n) is 11.8. The quantitative estimate of drug-likeness (QED) is 0.766. The lowest BCUT2D eigenvalue weighted by Gasteiger charge is -2.31. The molecule has 1 amide bonds. The molecule has 1 saturated heterocycles. The number of esters is 1. The maximum absolute atomic E-state index is 12.5. The van der Waals surface area contributed by atoms with Crippen LogP contribution in [-0.4, -0.2) is 56.8 Å². The largest absolute Gasteiger partial charge is 0.496 e. The lowest BCUT2D eigenvalue weighted by atomic mass is 10.1. The minimum absolute atomic E-state index is 0.157. The summed E-state index contributed by atoms with van der Waals surface area (Å²) in [5.41, 5.74) is 0.521. The molecule has 1 fully saturated rings. The molecule has 1 aliphatic rings. The summed E-state index contributed by atoms with van der Waals surface area (Å²) < 4.78 is 15.8. The normalized spacial score (nSPS) is 18.2. The monoisotopic (exact) mass is 357 g/mol. The summed E-state index contributed by atoms with van der Waals surface area (Å²) in [6, 6.07) is 5.11. The highest BCUT2D eigenvalue weighted by molar-refractivity contribution is 9.10. The first-order valence-corrected chi connectivity index (χ1v) is 7.18. The number of benzene rings is 1. The molecule has 7 heteroatoms. The predicted molar refractivity (Wildman–Crippen MR) is 78.4 cm³/mol. The second kappa shape index (κ2) is 6.91. The molecule has 0 aromatic heterocycles. The van der Waals surface area contributed by atoms with E-state index in [9.17, 15) is 9.59 Å². The molecular weight excluding hydrogens is 342 g/mol. The van der Waals surface area contributed by atoms with Crippen LogP contribution in [0.3, 0.4) is 0 Å². The van der Waals surface area contributed by atoms with Crippen LogP contribution in [0.4, 0.5) is 0 Å². The molecule has 21 heavy (non-hydrogen) atoms. The van der Waals surface area contributed by atoms with Gasteiger partial charge in [0, 0.05) is 12.1 Å². The summed E-state index contributed by atoms with van der Waals surface area (Å²) in [5.74, 6) is 0.0277. The van der Waals surface area contributed by atoms with E-state index in [1.54, 1.807) is 30.2 Å². The summed E-state index contributed by atoms with van der Waals surface area (Å²) in [5, 5.41) is 0. The van der Waals surface area contributed by atoms with Gasteiger partial charge in [-0.05, 0) is 34.1 Å². The Morgan fingerprint density at radius 3 is 2.76 bits per heavy atom. The van der Waals surface area contributed by atoms with E-state index in [1.165, 1.54) is 7.11 Å². The zero-order chi connectivity index (χ0) is 15.4. The lowest BCUT2D eigenvalue weighted by molar-refractivity contribution is -0.158. The van der Waals surface area contributed by atoms with Crippen LogP contribution >= 0.6 is 15.9 Å². The van der Waals surface area contributed by atoms with Gasteiger partial charge in [0.05, 0.1) is 31.8 Å². The molecule has 1 aromatic rings. The van der Waals surface area contributed by atoms with Gasteiger partial charge in [-0.15, -0.1) is 0 Å². The van der Waals surface area contributed by atoms with Crippen LogP contribution in [0.25, 0.3) is 0 Å². The Kier molecular flexibility index (Phi) is 5.19. The third-order valence-electron chi connectivity index (χ3n) is 3.22. The van der Waals surface area contributed by atoms with Gasteiger partial charge in [0.1, 0.15) is 5.75 Å². The van der Waals surface area contributed by atoms with Crippen LogP contribution in [0.2, 0.25) is 0 Å². The molecule has 0 radical (unpaired) electrons. The maximum Gasteiger partial charge on any atom is 0.336 e. The lowest BCUT2D eigenvalue weighted by Crippen LogP contribution is -2.48. The number of hydrogen-bond donors (Lipinski definition) is 0. The average Bonchev–Trinajstić information content (AvgIpc) is 2.53. The zero-order valence-corrected chi connectivity index (χ0v) is 13.4. The number of amides is 1. The van der Waals surface area contributed by atoms with Gasteiger partial charge in [0.15, 0.2) is 6.10 Å². The molecular formula is C14H16BrNO5. The average molecular weight is 358 g/mol. The number of nitrogens with zero attached hydrogens (tertiary/aromatic N) is 1. The van der Waals surface area contributed by atoms with E-state index in [-0.39, 0.29) is 12.5 Å². The highest BCUT2D eigenvalue weighted by Gasteiger charge is 2.30. The fraction of sp³-hybridized carbons (Fsp3) is 0.429. The second-order valence-electron chi connectivity index (χ2n) is 4.48. The SMILES string of the molecule is COC(=O)C1CN(C(=O)c2ccc(OC)c(Br)c2)CCO1. The number of halogens is 1. The smallest absolute Gasteiger partial charge is 0.336 e. The number of methoxy groups -OCH3 is 2. The Hall–Kier alpha value is -1.60. The van der Waals surface area contributed by atoms with Crippen molar-refractivity contribution in [2.45, 2.75) is 6.10 Å². The summed E-state index contributed by atoms with van der Waals surface area (Å²) in [7, 11) is 2.86. The van der Waals surface area contributed by atoms with Crippen LogP contribution in [-0.2, 0) is 14.3 Å². The molecule has 0 bridgehead atoms. The third kappa shape index (κ3) is 3.54. The Morgan fingerprint density at radius 2 is 2.14 bits per heavy atom. The van der Waals surface area contributed by atoms with Crippen molar-refractivity contribution >= 4 is 27.8 Å². The van der Waals surface area contributed by atoms with Crippen LogP contribution in [0.1, 0.15) is 10.4 Å². The fourth-order valence-corrected chi connectivity index (χ4v) is 2.63. The van der Waals surface area contributed by atoms with Crippen LogP contribution in [0.5, 0.6) is 5.75 Å². The van der Waals surface area contributed by atoms with Gasteiger partial charge in [-0.1, -0.05) is 0 Å². The van der Waals surface area contributed by atoms with E-state index in [0.717, 1.165) is 0 Å². The number of hydrogen-bond acceptors (Lipinski definition) is 5. The molecule has 1 aliphatic heterocycles. The van der Waals surface area contributed by atoms with E-state index in [4.69, 9.17) is 9.47 Å². The van der Waals surface area contributed by atoms with Crippen molar-refractivity contribution in [1.82, 2.24) is 4.90 Å². The number of rotatable bonds is 3. The van der Waals surface area contributed by atoms with E-state index in [2.05, 4.69) is 20.7 Å². The van der Waals surface area contributed by atoms with Crippen molar-refractivity contribution in [3.63, 3.8) is 0 Å². The van der Waals surface area contributed by atoms with Gasteiger partial charge in [0.2, 0.25) is 0 Å². The number of morpholine rings is 1. The Labute approximate surface area is 131 Å². The van der Waals surface area contributed by atoms with Gasteiger partial charge in [0.25, 0.3) is 5.91 Å². The van der Waals surface area contributed by atoms with E-state index < -0.39 is 12.1 Å². The summed E-state index contributed by atoms with van der Waals surface area (Å²) in [6.45, 7) is 0.938. The molecule has 0 saturated carbocycles. The first-order valence-electron chi connectivity index (χ1n) is 6.39. The molecule has 6 nitrogen and oxygen atoms in total. The fourth-order valence-electron chi connectivity index (χ4n) is 2.09. The van der Waals surface area contributed by atoms with Crippen LogP contribution in [0.15, 0.2) is 22.7 Å². The molecule has 0 N–H and O–H groups in total. The number of ether oxygens (including phenoxy) is 3. The molecule has 2 rings (SSSR count). The predicted octanol–water partition coefficient (Wildman–Crippen LogP) is 1.47. The Bertz CT molecular complexity index is 548. The van der Waals surface area contributed by atoms with E-state index in [0.29, 0.717) is 28.9 Å². The first kappa shape index (κ1) is 15.8. The molecule has 1 atom stereocenters. The van der Waals surface area contributed by atoms with Crippen LogP contribution in [0, 0.1) is 0 Å². The van der Waals surface area contributed by atoms with E-state index in [1.807, 2.05) is 0 Å². The number of carbonyl (C=O) groups excluding carboxylic acids is 2. The third-order valence-corrected chi connectivity index (χ3v) is 3.84. The van der Waals surface area contributed by atoms with Gasteiger partial charge in [-0.25, -0.2) is 4.79 Å². The van der Waals surface area contributed by atoms with Crippen molar-refractivity contribution in [1.29, 1.82) is 0 Å². The van der Waals surface area contributed by atoms with Crippen molar-refractivity contribution in [3.05, 3.63) is 28.2 Å². The topological polar surface area (TPSA) is 65.1 Å². The summed E-state index contributed by atoms with van der Waals surface area (Å²) >= 11 is 3.35. The van der Waals surface area contributed by atoms with Crippen molar-refractivity contribution in [2.75, 3.05) is 33.9 Å². The summed E-state index contributed by atoms with van der Waals surface area (Å²) in [4.78, 5) is 25.5. The van der Waals surface area contributed by atoms with Gasteiger partial charge in [-0.3, -0.25) is 4.79 Å². The molecule has 1 unspecified atom stereocenters.